The van der Waals surface area contributed by atoms with Crippen LogP contribution < -0.4 is 0 Å². The van der Waals surface area contributed by atoms with Gasteiger partial charge in [0, 0.05) is 0 Å². The summed E-state index contributed by atoms with van der Waals surface area (Å²) in [5, 5.41) is 9.49. The Labute approximate surface area is 116 Å². The van der Waals surface area contributed by atoms with Gasteiger partial charge in [-0.15, -0.1) is 0 Å². The minimum Gasteiger partial charge on any atom is -0.481 e. The van der Waals surface area contributed by atoms with Crippen LogP contribution in [-0.4, -0.2) is 11.1 Å². The molecule has 0 aromatic heterocycles. The zero-order valence-corrected chi connectivity index (χ0v) is 12.9. The zero-order chi connectivity index (χ0) is 14.8. The van der Waals surface area contributed by atoms with E-state index in [-0.39, 0.29) is 5.41 Å². The lowest BCUT2D eigenvalue weighted by molar-refractivity contribution is -0.139. The normalized spacial score (nSPS) is 13.6. The molecule has 1 atom stereocenters. The van der Waals surface area contributed by atoms with Crippen LogP contribution in [0.2, 0.25) is 0 Å². The van der Waals surface area contributed by atoms with E-state index in [0.717, 1.165) is 11.1 Å². The van der Waals surface area contributed by atoms with Gasteiger partial charge in [-0.2, -0.15) is 0 Å². The fraction of sp³-hybridized carbons (Fsp3) is 0.588. The maximum absolute atomic E-state index is 11.5. The highest BCUT2D eigenvalue weighted by atomic mass is 16.4. The van der Waals surface area contributed by atoms with Crippen LogP contribution in [0.15, 0.2) is 18.2 Å². The lowest BCUT2D eigenvalue weighted by Gasteiger charge is -2.23. The summed E-state index contributed by atoms with van der Waals surface area (Å²) in [4.78, 5) is 11.5. The van der Waals surface area contributed by atoms with Crippen molar-refractivity contribution >= 4 is 5.97 Å². The summed E-state index contributed by atoms with van der Waals surface area (Å²) in [6.07, 6.45) is 0.684. The van der Waals surface area contributed by atoms with Crippen LogP contribution in [0.4, 0.5) is 0 Å². The lowest BCUT2D eigenvalue weighted by Crippen LogP contribution is -2.17. The second-order valence-corrected chi connectivity index (χ2v) is 6.84. The Morgan fingerprint density at radius 1 is 1.26 bits per heavy atom. The third-order valence-corrected chi connectivity index (χ3v) is 3.53. The van der Waals surface area contributed by atoms with Gasteiger partial charge in [-0.05, 0) is 41.4 Å². The van der Waals surface area contributed by atoms with Crippen LogP contribution in [0.3, 0.4) is 0 Å². The van der Waals surface area contributed by atoms with Gasteiger partial charge in [-0.3, -0.25) is 4.79 Å². The summed E-state index contributed by atoms with van der Waals surface area (Å²) in [7, 11) is 0. The molecule has 0 aliphatic heterocycles. The Hall–Kier alpha value is -1.31. The molecule has 0 aliphatic rings. The standard InChI is InChI=1S/C17H26O2/c1-11(2)9-15(16(18)19)14-10-13(17(4,5)6)8-7-12(14)3/h7-8,10-11,15H,9H2,1-6H3,(H,18,19). The Balaban J connectivity index is 3.26. The smallest absolute Gasteiger partial charge is 0.310 e. The molecule has 0 fully saturated rings. The van der Waals surface area contributed by atoms with Crippen molar-refractivity contribution in [1.29, 1.82) is 0 Å². The Kier molecular flexibility index (Phi) is 4.78. The summed E-state index contributed by atoms with van der Waals surface area (Å²) < 4.78 is 0. The topological polar surface area (TPSA) is 37.3 Å². The fourth-order valence-electron chi connectivity index (χ4n) is 2.31. The van der Waals surface area contributed by atoms with Crippen molar-refractivity contribution in [3.63, 3.8) is 0 Å². The third kappa shape index (κ3) is 4.09. The predicted molar refractivity (Wildman–Crippen MR) is 79.7 cm³/mol. The molecule has 0 heterocycles. The molecule has 2 nitrogen and oxygen atoms in total. The van der Waals surface area contributed by atoms with Crippen LogP contribution in [0, 0.1) is 12.8 Å². The molecular formula is C17H26O2. The quantitative estimate of drug-likeness (QED) is 0.867. The van der Waals surface area contributed by atoms with Crippen molar-refractivity contribution < 1.29 is 9.90 Å². The van der Waals surface area contributed by atoms with E-state index in [1.54, 1.807) is 0 Å². The number of carboxylic acids is 1. The lowest BCUT2D eigenvalue weighted by atomic mass is 9.81. The van der Waals surface area contributed by atoms with E-state index in [2.05, 4.69) is 46.8 Å². The molecule has 1 aromatic carbocycles. The van der Waals surface area contributed by atoms with E-state index < -0.39 is 11.9 Å². The highest BCUT2D eigenvalue weighted by molar-refractivity contribution is 5.76. The van der Waals surface area contributed by atoms with Crippen LogP contribution in [0.5, 0.6) is 0 Å². The number of aryl methyl sites for hydroxylation is 1. The monoisotopic (exact) mass is 262 g/mol. The number of aliphatic carboxylic acids is 1. The fourth-order valence-corrected chi connectivity index (χ4v) is 2.31. The van der Waals surface area contributed by atoms with Gasteiger partial charge in [0.15, 0.2) is 0 Å². The summed E-state index contributed by atoms with van der Waals surface area (Å²) >= 11 is 0. The van der Waals surface area contributed by atoms with Crippen molar-refractivity contribution in [2.45, 2.75) is 59.3 Å². The minimum absolute atomic E-state index is 0.0450. The van der Waals surface area contributed by atoms with E-state index in [1.807, 2.05) is 13.0 Å². The van der Waals surface area contributed by atoms with Gasteiger partial charge in [-0.1, -0.05) is 52.8 Å². The van der Waals surface area contributed by atoms with Crippen molar-refractivity contribution in [3.05, 3.63) is 34.9 Å². The van der Waals surface area contributed by atoms with E-state index >= 15 is 0 Å². The number of carboxylic acid groups (broad SMARTS) is 1. The van der Waals surface area contributed by atoms with Crippen molar-refractivity contribution in [3.8, 4) is 0 Å². The SMILES string of the molecule is Cc1ccc(C(C)(C)C)cc1C(CC(C)C)C(=O)O. The molecule has 1 rings (SSSR count). The second-order valence-electron chi connectivity index (χ2n) is 6.84. The van der Waals surface area contributed by atoms with E-state index in [0.29, 0.717) is 12.3 Å². The molecule has 0 aliphatic carbocycles. The van der Waals surface area contributed by atoms with Gasteiger partial charge in [0.25, 0.3) is 0 Å². The van der Waals surface area contributed by atoms with E-state index in [4.69, 9.17) is 0 Å². The first-order valence-electron chi connectivity index (χ1n) is 6.96. The molecule has 106 valence electrons. The maximum atomic E-state index is 11.5. The van der Waals surface area contributed by atoms with E-state index in [1.165, 1.54) is 5.56 Å². The molecule has 0 radical (unpaired) electrons. The first-order valence-corrected chi connectivity index (χ1v) is 6.96. The predicted octanol–water partition coefficient (Wildman–Crippen LogP) is 4.51. The number of hydrogen-bond acceptors (Lipinski definition) is 1. The first-order chi connectivity index (χ1) is 8.62. The molecule has 19 heavy (non-hydrogen) atoms. The summed E-state index contributed by atoms with van der Waals surface area (Å²) in [5.41, 5.74) is 3.28. The van der Waals surface area contributed by atoms with Gasteiger partial charge < -0.3 is 5.11 Å². The molecule has 1 N–H and O–H groups in total. The largest absolute Gasteiger partial charge is 0.481 e. The molecular weight excluding hydrogens is 236 g/mol. The molecule has 0 bridgehead atoms. The maximum Gasteiger partial charge on any atom is 0.310 e. The van der Waals surface area contributed by atoms with Crippen molar-refractivity contribution in [1.82, 2.24) is 0 Å². The van der Waals surface area contributed by atoms with Gasteiger partial charge >= 0.3 is 5.97 Å². The van der Waals surface area contributed by atoms with Crippen LogP contribution in [0.1, 0.15) is 63.6 Å². The molecule has 0 saturated heterocycles. The van der Waals surface area contributed by atoms with E-state index in [9.17, 15) is 9.90 Å². The summed E-state index contributed by atoms with van der Waals surface area (Å²) in [6.45, 7) is 12.6. The van der Waals surface area contributed by atoms with Crippen molar-refractivity contribution in [2.75, 3.05) is 0 Å². The number of rotatable bonds is 4. The second kappa shape index (κ2) is 5.77. The first kappa shape index (κ1) is 15.7. The number of carbonyl (C=O) groups is 1. The van der Waals surface area contributed by atoms with Gasteiger partial charge in [0.2, 0.25) is 0 Å². The Bertz CT molecular complexity index is 453. The molecule has 0 saturated carbocycles. The molecule has 0 spiro atoms. The summed E-state index contributed by atoms with van der Waals surface area (Å²) in [5.74, 6) is -0.746. The van der Waals surface area contributed by atoms with Crippen molar-refractivity contribution in [2.24, 2.45) is 5.92 Å². The molecule has 0 amide bonds. The number of hydrogen-bond donors (Lipinski definition) is 1. The van der Waals surface area contributed by atoms with Crippen LogP contribution >= 0.6 is 0 Å². The third-order valence-electron chi connectivity index (χ3n) is 3.53. The van der Waals surface area contributed by atoms with Crippen LogP contribution in [0.25, 0.3) is 0 Å². The van der Waals surface area contributed by atoms with Gasteiger partial charge in [0.1, 0.15) is 0 Å². The van der Waals surface area contributed by atoms with Gasteiger partial charge in [0.05, 0.1) is 5.92 Å². The van der Waals surface area contributed by atoms with Gasteiger partial charge in [-0.25, -0.2) is 0 Å². The highest BCUT2D eigenvalue weighted by Crippen LogP contribution is 2.31. The molecule has 2 heteroatoms. The average Bonchev–Trinajstić information content (AvgIpc) is 2.24. The zero-order valence-electron chi connectivity index (χ0n) is 12.9. The average molecular weight is 262 g/mol. The summed E-state index contributed by atoms with van der Waals surface area (Å²) in [6, 6.07) is 6.23. The number of benzene rings is 1. The Morgan fingerprint density at radius 3 is 2.26 bits per heavy atom. The molecule has 1 unspecified atom stereocenters. The highest BCUT2D eigenvalue weighted by Gasteiger charge is 2.24. The minimum atomic E-state index is -0.720. The molecule has 1 aromatic rings. The Morgan fingerprint density at radius 2 is 1.84 bits per heavy atom. The van der Waals surface area contributed by atoms with Crippen LogP contribution in [-0.2, 0) is 10.2 Å².